The molecule has 8 N–H and O–H groups in total. The van der Waals surface area contributed by atoms with E-state index >= 15 is 0 Å². The number of hydrogen-bond acceptors (Lipinski definition) is 12. The molecule has 1 aromatic rings. The molecular weight excluding hydrogens is 881 g/mol. The van der Waals surface area contributed by atoms with Crippen molar-refractivity contribution in [1.82, 2.24) is 36.0 Å². The van der Waals surface area contributed by atoms with E-state index in [9.17, 15) is 53.4 Å². The predicted octanol–water partition coefficient (Wildman–Crippen LogP) is 0.987. The van der Waals surface area contributed by atoms with Crippen molar-refractivity contribution < 1.29 is 58.1 Å². The van der Waals surface area contributed by atoms with Crippen molar-refractivity contribution >= 4 is 53.2 Å². The van der Waals surface area contributed by atoms with Crippen LogP contribution in [0, 0.1) is 23.7 Å². The Labute approximate surface area is 399 Å². The predicted molar refractivity (Wildman–Crippen MR) is 248 cm³/mol. The molecule has 0 radical (unpaired) electrons. The summed E-state index contributed by atoms with van der Waals surface area (Å²) in [6, 6.07) is -3.46. The number of ether oxygens (including phenoxy) is 1. The molecule has 3 fully saturated rings. The smallest absolute Gasteiger partial charge is 0.329 e. The molecule has 8 amide bonds. The van der Waals surface area contributed by atoms with Crippen LogP contribution in [-0.2, 0) is 54.3 Å². The number of carbonyl (C=O) groups is 9. The Hall–Kier alpha value is -5.79. The van der Waals surface area contributed by atoms with E-state index in [0.29, 0.717) is 24.8 Å². The first-order chi connectivity index (χ1) is 32.0. The molecule has 0 saturated carbocycles. The van der Waals surface area contributed by atoms with Crippen molar-refractivity contribution in [2.75, 3.05) is 13.6 Å². The van der Waals surface area contributed by atoms with Crippen LogP contribution in [-0.4, -0.2) is 146 Å². The summed E-state index contributed by atoms with van der Waals surface area (Å²) >= 11 is 0. The number of hydrogen-bond donors (Lipinski definition) is 7. The van der Waals surface area contributed by atoms with Crippen LogP contribution in [0.3, 0.4) is 0 Å². The van der Waals surface area contributed by atoms with E-state index in [2.05, 4.69) is 21.3 Å². The number of fused-ring (bicyclic) bond motifs is 3. The van der Waals surface area contributed by atoms with Crippen LogP contribution in [0.1, 0.15) is 119 Å². The number of nitrogens with two attached hydrogens (primary N) is 1. The van der Waals surface area contributed by atoms with E-state index in [1.807, 2.05) is 20.8 Å². The van der Waals surface area contributed by atoms with Crippen molar-refractivity contribution in [3.63, 3.8) is 0 Å². The second kappa shape index (κ2) is 24.5. The van der Waals surface area contributed by atoms with Crippen LogP contribution in [0.25, 0.3) is 0 Å². The first-order valence-electron chi connectivity index (χ1n) is 24.1. The van der Waals surface area contributed by atoms with Gasteiger partial charge in [-0.25, -0.2) is 4.79 Å². The maximum atomic E-state index is 14.9. The summed E-state index contributed by atoms with van der Waals surface area (Å²) in [4.78, 5) is 131. The van der Waals surface area contributed by atoms with E-state index < -0.39 is 126 Å². The number of likely N-dealkylation sites (tertiary alicyclic amines) is 1. The summed E-state index contributed by atoms with van der Waals surface area (Å²) in [6.07, 6.45) is -2.15. The van der Waals surface area contributed by atoms with Crippen molar-refractivity contribution in [2.24, 2.45) is 29.4 Å². The number of esters is 1. The minimum Gasteiger partial charge on any atom is -0.508 e. The first kappa shape index (κ1) is 54.8. The van der Waals surface area contributed by atoms with Gasteiger partial charge in [0.1, 0.15) is 60.4 Å². The number of amides is 8. The Balaban J connectivity index is 1.93. The highest BCUT2D eigenvalue weighted by Crippen LogP contribution is 2.31. The Morgan fingerprint density at radius 3 is 2.10 bits per heavy atom. The van der Waals surface area contributed by atoms with Gasteiger partial charge in [-0.2, -0.15) is 0 Å². The highest BCUT2D eigenvalue weighted by molar-refractivity contribution is 5.99. The highest BCUT2D eigenvalue weighted by atomic mass is 16.5. The number of nitrogens with one attached hydrogen (secondary N) is 4. The summed E-state index contributed by atoms with van der Waals surface area (Å²) in [7, 11) is 1.40. The van der Waals surface area contributed by atoms with Gasteiger partial charge in [0.25, 0.3) is 0 Å². The molecule has 3 heterocycles. The third kappa shape index (κ3) is 13.5. The number of benzene rings is 1. The number of aliphatic hydroxyl groups is 1. The van der Waals surface area contributed by atoms with Crippen LogP contribution < -0.4 is 27.0 Å². The van der Waals surface area contributed by atoms with E-state index in [-0.39, 0.29) is 63.2 Å². The maximum Gasteiger partial charge on any atom is 0.329 e. The van der Waals surface area contributed by atoms with E-state index in [1.54, 1.807) is 46.8 Å². The van der Waals surface area contributed by atoms with Gasteiger partial charge < -0.3 is 56.7 Å². The Kier molecular flexibility index (Phi) is 19.7. The lowest BCUT2D eigenvalue weighted by Crippen LogP contribution is -2.66. The standard InChI is InChI=1S/C48H74N8O12/c1-10-13-36(59)50-31(18-20-35(49)58)45(64)55-24-28(8)41-40(55)44(63)52-33(22-25(4)5)42(61)51-32-19-21-37(60)56(46(32)65)39(27(7)12-3)47(66)54(9)34(23-29-14-16-30(57)17-15-29)43(62)53-38(26(6)11-2)48(67)68-41/h14-17,25-28,31-34,37-41,57,60H,10-13,18-24H2,1-9H3,(H2,49,58)(H,50,59)(H,51,61)(H,52,63)(H,53,62)/t26-,27-,28?,31-,32?,33-,34-,37?,38-,39-,40-,41?/m0/s1. The fraction of sp³-hybridized carbons (Fsp3) is 0.688. The van der Waals surface area contributed by atoms with Gasteiger partial charge in [0, 0.05) is 38.8 Å². The molecule has 20 nitrogen and oxygen atoms in total. The number of rotatable bonds is 15. The van der Waals surface area contributed by atoms with Crippen molar-refractivity contribution in [3.8, 4) is 5.75 Å². The molecule has 0 aliphatic carbocycles. The molecule has 0 spiro atoms. The SMILES string of the molecule is CCCC(=O)N[C@@H](CCC(N)=O)C(=O)N1CC(C)C2OC(=O)[C@H]([C@@H](C)CC)NC(=O)[C@H](Cc3ccc(O)cc3)N(C)C(=O)[C@H]([C@@H](C)CC)N3C(=O)C(CCC3O)NC(=O)[C@H](CC(C)C)NC(=O)[C@H]21. The van der Waals surface area contributed by atoms with Crippen molar-refractivity contribution in [1.29, 1.82) is 0 Å². The molecule has 3 saturated heterocycles. The van der Waals surface area contributed by atoms with Gasteiger partial charge in [-0.15, -0.1) is 0 Å². The summed E-state index contributed by atoms with van der Waals surface area (Å²) in [5.74, 6) is -8.90. The number of nitrogens with zero attached hydrogens (tertiary/aromatic N) is 3. The zero-order valence-electron chi connectivity index (χ0n) is 41.0. The number of phenolic OH excluding ortho intramolecular Hbond substituents is 1. The second-order valence-electron chi connectivity index (χ2n) is 19.3. The first-order valence-corrected chi connectivity index (χ1v) is 24.1. The molecule has 12 atom stereocenters. The summed E-state index contributed by atoms with van der Waals surface area (Å²) in [6.45, 7) is 13.9. The minimum atomic E-state index is -1.59. The third-order valence-corrected chi connectivity index (χ3v) is 13.5. The van der Waals surface area contributed by atoms with Gasteiger partial charge in [-0.3, -0.25) is 38.4 Å². The lowest BCUT2D eigenvalue weighted by atomic mass is 9.91. The highest BCUT2D eigenvalue weighted by Gasteiger charge is 2.52. The van der Waals surface area contributed by atoms with Crippen LogP contribution in [0.15, 0.2) is 24.3 Å². The number of likely N-dealkylation sites (N-methyl/N-ethyl adjacent to an activating group) is 1. The molecule has 3 aliphatic rings. The quantitative estimate of drug-likeness (QED) is 0.121. The average Bonchev–Trinajstić information content (AvgIpc) is 3.61. The van der Waals surface area contributed by atoms with E-state index in [0.717, 1.165) is 9.80 Å². The molecule has 4 rings (SSSR count). The van der Waals surface area contributed by atoms with E-state index in [4.69, 9.17) is 10.5 Å². The molecule has 378 valence electrons. The fourth-order valence-corrected chi connectivity index (χ4v) is 9.16. The normalized spacial score (nSPS) is 27.9. The monoisotopic (exact) mass is 955 g/mol. The van der Waals surface area contributed by atoms with Crippen LogP contribution in [0.4, 0.5) is 0 Å². The number of aromatic hydroxyl groups is 1. The van der Waals surface area contributed by atoms with E-state index in [1.165, 1.54) is 24.1 Å². The lowest BCUT2D eigenvalue weighted by Gasteiger charge is -2.44. The van der Waals surface area contributed by atoms with Gasteiger partial charge in [0.05, 0.1) is 0 Å². The topological polar surface area (TPSA) is 287 Å². The minimum absolute atomic E-state index is 0.0123. The van der Waals surface area contributed by atoms with Gasteiger partial charge in [-0.1, -0.05) is 80.4 Å². The summed E-state index contributed by atoms with van der Waals surface area (Å²) in [5, 5.41) is 32.5. The van der Waals surface area contributed by atoms with Gasteiger partial charge >= 0.3 is 5.97 Å². The molecule has 0 aromatic heterocycles. The van der Waals surface area contributed by atoms with Crippen LogP contribution >= 0.6 is 0 Å². The molecule has 3 aliphatic heterocycles. The second-order valence-corrected chi connectivity index (χ2v) is 19.3. The summed E-state index contributed by atoms with van der Waals surface area (Å²) in [5.41, 5.74) is 5.99. The molecule has 68 heavy (non-hydrogen) atoms. The van der Waals surface area contributed by atoms with Gasteiger partial charge in [0.2, 0.25) is 47.3 Å². The molecule has 20 heteroatoms. The number of aliphatic hydroxyl groups excluding tert-OH is 1. The molecular formula is C48H74N8O12. The van der Waals surface area contributed by atoms with Gasteiger partial charge in [-0.05, 0) is 67.6 Å². The van der Waals surface area contributed by atoms with Crippen LogP contribution in [0.5, 0.6) is 5.75 Å². The largest absolute Gasteiger partial charge is 0.508 e. The molecule has 4 unspecified atom stereocenters. The Bertz CT molecular complexity index is 2000. The molecule has 2 bridgehead atoms. The van der Waals surface area contributed by atoms with Crippen molar-refractivity contribution in [3.05, 3.63) is 29.8 Å². The van der Waals surface area contributed by atoms with Crippen molar-refractivity contribution in [2.45, 2.75) is 174 Å². The Morgan fingerprint density at radius 2 is 1.51 bits per heavy atom. The maximum absolute atomic E-state index is 14.9. The Morgan fingerprint density at radius 1 is 0.868 bits per heavy atom. The number of carbonyl (C=O) groups excluding carboxylic acids is 9. The lowest BCUT2D eigenvalue weighted by molar-refractivity contribution is -0.168. The van der Waals surface area contributed by atoms with Crippen LogP contribution in [0.2, 0.25) is 0 Å². The number of phenols is 1. The molecule has 1 aromatic carbocycles. The summed E-state index contributed by atoms with van der Waals surface area (Å²) < 4.78 is 6.23. The average molecular weight is 955 g/mol. The zero-order chi connectivity index (χ0) is 50.7. The number of piperidine rings is 1. The third-order valence-electron chi connectivity index (χ3n) is 13.5. The van der Waals surface area contributed by atoms with Gasteiger partial charge in [0.15, 0.2) is 0 Å². The number of primary amides is 1. The fourth-order valence-electron chi connectivity index (χ4n) is 9.16. The zero-order valence-corrected chi connectivity index (χ0v) is 41.0.